The summed E-state index contributed by atoms with van der Waals surface area (Å²) >= 11 is 0. The molecule has 188 valence electrons. The summed E-state index contributed by atoms with van der Waals surface area (Å²) in [5.41, 5.74) is 6.50. The van der Waals surface area contributed by atoms with Gasteiger partial charge < -0.3 is 35.3 Å². The average Bonchev–Trinajstić information content (AvgIpc) is 3.57. The highest BCUT2D eigenvalue weighted by atomic mass is 16.6. The van der Waals surface area contributed by atoms with Crippen molar-refractivity contribution in [2.45, 2.75) is 49.8 Å². The van der Waals surface area contributed by atoms with E-state index in [2.05, 4.69) is 37.1 Å². The summed E-state index contributed by atoms with van der Waals surface area (Å²) < 4.78 is 12.1. The fraction of sp³-hybridized carbons (Fsp3) is 0.455. The van der Waals surface area contributed by atoms with E-state index in [1.165, 1.54) is 30.4 Å². The van der Waals surface area contributed by atoms with E-state index < -0.39 is 30.4 Å². The first-order valence-corrected chi connectivity index (χ1v) is 11.3. The number of nitrogens with one attached hydrogen (secondary N) is 1. The molecule has 3 aromatic heterocycles. The van der Waals surface area contributed by atoms with Crippen LogP contribution in [-0.2, 0) is 9.53 Å². The van der Waals surface area contributed by atoms with Gasteiger partial charge in [-0.25, -0.2) is 19.9 Å². The molecule has 2 amide bonds. The molecule has 5 rings (SSSR count). The molecule has 4 atom stereocenters. The zero-order chi connectivity index (χ0) is 25.4. The van der Waals surface area contributed by atoms with Gasteiger partial charge >= 0.3 is 5.91 Å². The Hall–Kier alpha value is -4.06. The van der Waals surface area contributed by atoms with Gasteiger partial charge in [0.15, 0.2) is 23.8 Å². The van der Waals surface area contributed by atoms with E-state index in [4.69, 9.17) is 14.9 Å². The first-order valence-electron chi connectivity index (χ1n) is 11.3. The zero-order valence-electron chi connectivity index (χ0n) is 19.2. The van der Waals surface area contributed by atoms with Gasteiger partial charge in [0.1, 0.15) is 24.0 Å². The number of likely N-dealkylation sites (N-methyl/N-ethyl adjacent to an activating group) is 1. The van der Waals surface area contributed by atoms with Crippen molar-refractivity contribution >= 4 is 28.8 Å². The summed E-state index contributed by atoms with van der Waals surface area (Å²) in [6, 6.07) is 0.0503. The van der Waals surface area contributed by atoms with Crippen LogP contribution in [0.3, 0.4) is 0 Å². The molecule has 0 bridgehead atoms. The van der Waals surface area contributed by atoms with Gasteiger partial charge in [0.25, 0.3) is 11.8 Å². The molecule has 5 N–H and O–H groups in total. The molecule has 4 heterocycles. The van der Waals surface area contributed by atoms with Crippen molar-refractivity contribution in [3.05, 3.63) is 30.5 Å². The van der Waals surface area contributed by atoms with Crippen LogP contribution in [-0.4, -0.2) is 89.4 Å². The number of aliphatic hydroxyl groups excluding tert-OH is 2. The maximum atomic E-state index is 12.8. The average molecular weight is 496 g/mol. The third-order valence-electron chi connectivity index (χ3n) is 6.31. The molecule has 2 unspecified atom stereocenters. The highest BCUT2D eigenvalue weighted by molar-refractivity contribution is 5.90. The largest absolute Gasteiger partial charge is 0.441 e. The quantitative estimate of drug-likeness (QED) is 0.310. The minimum atomic E-state index is -1.45. The first-order chi connectivity index (χ1) is 17.4. The fourth-order valence-corrected chi connectivity index (χ4v) is 4.15. The van der Waals surface area contributed by atoms with Crippen LogP contribution in [0.2, 0.25) is 0 Å². The molecule has 3 aromatic rings. The van der Waals surface area contributed by atoms with Gasteiger partial charge in [-0.15, -0.1) is 0 Å². The third-order valence-corrected chi connectivity index (χ3v) is 6.31. The molecule has 1 aliphatic carbocycles. The summed E-state index contributed by atoms with van der Waals surface area (Å²) in [4.78, 5) is 43.0. The molecule has 14 nitrogen and oxygen atoms in total. The van der Waals surface area contributed by atoms with Crippen LogP contribution in [0, 0.1) is 11.8 Å². The van der Waals surface area contributed by atoms with Crippen molar-refractivity contribution in [3.8, 4) is 11.8 Å². The summed E-state index contributed by atoms with van der Waals surface area (Å²) in [7, 11) is 1.40. The van der Waals surface area contributed by atoms with Crippen molar-refractivity contribution in [3.63, 3.8) is 0 Å². The van der Waals surface area contributed by atoms with E-state index in [0.717, 1.165) is 19.3 Å². The lowest BCUT2D eigenvalue weighted by Crippen LogP contribution is -2.44. The monoisotopic (exact) mass is 496 g/mol. The van der Waals surface area contributed by atoms with Crippen LogP contribution < -0.4 is 11.1 Å². The van der Waals surface area contributed by atoms with Crippen molar-refractivity contribution < 1.29 is 29.0 Å². The predicted octanol–water partition coefficient (Wildman–Crippen LogP) is -1.19. The van der Waals surface area contributed by atoms with E-state index in [-0.39, 0.29) is 47.2 Å². The van der Waals surface area contributed by atoms with Gasteiger partial charge in [0.2, 0.25) is 5.82 Å². The SMILES string of the molecule is CNC(=O)C1OC(n2cnc3c(N)nc(C#CCN(C(=O)c4ncco4)C4CCC4)nc32)[C@H](O)[C@@H]1O. The molecule has 36 heavy (non-hydrogen) atoms. The van der Waals surface area contributed by atoms with Gasteiger partial charge in [-0.1, -0.05) is 5.92 Å². The standard InChI is InChI=1S/C22H24N8O6/c1-24-19(33)16-14(31)15(32)22(36-16)30-10-26-13-17(23)27-12(28-18(13)30)6-3-8-29(11-4-2-5-11)21(34)20-25-7-9-35-20/h7,9-11,14-16,22,31-32H,2,4-5,8H2,1H3,(H,24,33)(H2,23,27,28)/t14-,15+,16?,22?/m0/s1. The van der Waals surface area contributed by atoms with E-state index in [9.17, 15) is 19.8 Å². The molecule has 0 radical (unpaired) electrons. The first kappa shape index (κ1) is 23.7. The maximum absolute atomic E-state index is 12.8. The van der Waals surface area contributed by atoms with E-state index in [0.29, 0.717) is 0 Å². The second-order valence-electron chi connectivity index (χ2n) is 8.46. The van der Waals surface area contributed by atoms with Crippen LogP contribution in [0.4, 0.5) is 5.82 Å². The molecule has 1 saturated carbocycles. The third kappa shape index (κ3) is 4.13. The number of nitrogens with zero attached hydrogens (tertiary/aromatic N) is 6. The number of nitrogen functional groups attached to an aromatic ring is 1. The van der Waals surface area contributed by atoms with Crippen LogP contribution in [0.1, 0.15) is 42.0 Å². The number of ether oxygens (including phenoxy) is 1. The number of amides is 2. The van der Waals surface area contributed by atoms with E-state index in [1.54, 1.807) is 4.90 Å². The predicted molar refractivity (Wildman–Crippen MR) is 122 cm³/mol. The summed E-state index contributed by atoms with van der Waals surface area (Å²) in [6.07, 6.45) is 1.55. The second-order valence-corrected chi connectivity index (χ2v) is 8.46. The zero-order valence-corrected chi connectivity index (χ0v) is 19.2. The Morgan fingerprint density at radius 3 is 2.75 bits per heavy atom. The number of oxazole rings is 1. The van der Waals surface area contributed by atoms with Gasteiger partial charge in [0, 0.05) is 13.1 Å². The number of hydrogen-bond acceptors (Lipinski definition) is 11. The van der Waals surface area contributed by atoms with Gasteiger partial charge in [-0.05, 0) is 25.2 Å². The number of hydrogen-bond donors (Lipinski definition) is 4. The van der Waals surface area contributed by atoms with Crippen molar-refractivity contribution in [1.29, 1.82) is 0 Å². The Kier molecular flexibility index (Phi) is 6.27. The number of anilines is 1. The van der Waals surface area contributed by atoms with Crippen LogP contribution in [0.25, 0.3) is 11.2 Å². The van der Waals surface area contributed by atoms with Crippen LogP contribution in [0.5, 0.6) is 0 Å². The molecule has 1 aliphatic heterocycles. The molecule has 14 heteroatoms. The number of fused-ring (bicyclic) bond motifs is 1. The van der Waals surface area contributed by atoms with Crippen LogP contribution >= 0.6 is 0 Å². The van der Waals surface area contributed by atoms with E-state index >= 15 is 0 Å². The highest BCUT2D eigenvalue weighted by Gasteiger charge is 2.47. The number of rotatable bonds is 5. The smallest absolute Gasteiger partial charge is 0.310 e. The Morgan fingerprint density at radius 2 is 2.08 bits per heavy atom. The number of carbonyl (C=O) groups is 2. The topological polar surface area (TPSA) is 195 Å². The van der Waals surface area contributed by atoms with Gasteiger partial charge in [-0.3, -0.25) is 14.2 Å². The van der Waals surface area contributed by atoms with E-state index in [1.807, 2.05) is 0 Å². The molecule has 2 aliphatic rings. The van der Waals surface area contributed by atoms with Crippen molar-refractivity contribution in [2.75, 3.05) is 19.3 Å². The molecular formula is C22H24N8O6. The lowest BCUT2D eigenvalue weighted by atomic mass is 9.91. The summed E-state index contributed by atoms with van der Waals surface area (Å²) in [5, 5.41) is 23.2. The lowest BCUT2D eigenvalue weighted by Gasteiger charge is -2.35. The summed E-state index contributed by atoms with van der Waals surface area (Å²) in [6.45, 7) is 0.108. The van der Waals surface area contributed by atoms with Gasteiger partial charge in [-0.2, -0.15) is 0 Å². The summed E-state index contributed by atoms with van der Waals surface area (Å²) in [5.74, 6) is 4.93. The number of carbonyl (C=O) groups excluding carboxylic acids is 2. The number of aromatic nitrogens is 5. The Labute approximate surface area is 204 Å². The van der Waals surface area contributed by atoms with Crippen molar-refractivity contribution in [2.24, 2.45) is 0 Å². The minimum Gasteiger partial charge on any atom is -0.441 e. The van der Waals surface area contributed by atoms with Gasteiger partial charge in [0.05, 0.1) is 19.1 Å². The Morgan fingerprint density at radius 1 is 1.28 bits per heavy atom. The van der Waals surface area contributed by atoms with Crippen LogP contribution in [0.15, 0.2) is 23.2 Å². The Bertz CT molecular complexity index is 1340. The normalized spacial score (nSPS) is 23.6. The lowest BCUT2D eigenvalue weighted by molar-refractivity contribution is -0.137. The molecule has 0 aromatic carbocycles. The molecule has 0 spiro atoms. The number of imidazole rings is 1. The highest BCUT2D eigenvalue weighted by Crippen LogP contribution is 2.32. The number of aliphatic hydroxyl groups is 2. The maximum Gasteiger partial charge on any atom is 0.310 e. The number of nitrogens with two attached hydrogens (primary N) is 1. The molecule has 2 fully saturated rings. The second kappa shape index (κ2) is 9.53. The van der Waals surface area contributed by atoms with Crippen molar-refractivity contribution in [1.82, 2.24) is 34.7 Å². The molecular weight excluding hydrogens is 472 g/mol. The fourth-order valence-electron chi connectivity index (χ4n) is 4.15. The molecule has 1 saturated heterocycles. The Balaban J connectivity index is 1.41. The minimum absolute atomic E-state index is 0.00174.